The van der Waals surface area contributed by atoms with Crippen molar-refractivity contribution in [2.45, 2.75) is 40.5 Å². The zero-order valence-corrected chi connectivity index (χ0v) is 16.5. The molecule has 140 valence electrons. The third-order valence-electron chi connectivity index (χ3n) is 4.62. The molecule has 5 nitrogen and oxygen atoms in total. The standard InChI is InChI=1S/C20H21N5.C2H6/c1-13(2)14-6-4-3-5-7-15(10-14)19-17-11-16(20-21-12-22-25-20)8-9-18(17)23-24-19;1-2/h3,5,7-13H,4,6H2,1-2H3,(H,23,24)(H,21,22,25);1-2H3/b5-3-,14-10+,15-7+;. The Morgan fingerprint density at radius 1 is 1.11 bits per heavy atom. The van der Waals surface area contributed by atoms with Crippen molar-refractivity contribution in [3.05, 3.63) is 60.1 Å². The average Bonchev–Trinajstić information content (AvgIpc) is 3.32. The summed E-state index contributed by atoms with van der Waals surface area (Å²) in [6.45, 7) is 8.50. The smallest absolute Gasteiger partial charge is 0.155 e. The van der Waals surface area contributed by atoms with Crippen LogP contribution in [-0.4, -0.2) is 25.4 Å². The summed E-state index contributed by atoms with van der Waals surface area (Å²) >= 11 is 0. The molecule has 0 spiro atoms. The lowest BCUT2D eigenvalue weighted by Gasteiger charge is -2.13. The fraction of sp³-hybridized carbons (Fsp3) is 0.318. The summed E-state index contributed by atoms with van der Waals surface area (Å²) in [5.41, 5.74) is 5.59. The van der Waals surface area contributed by atoms with E-state index < -0.39 is 0 Å². The first-order chi connectivity index (χ1) is 13.2. The Labute approximate surface area is 160 Å². The zero-order chi connectivity index (χ0) is 19.2. The van der Waals surface area contributed by atoms with Gasteiger partial charge in [0.1, 0.15) is 6.33 Å². The number of nitrogens with zero attached hydrogens (tertiary/aromatic N) is 3. The highest BCUT2D eigenvalue weighted by molar-refractivity contribution is 5.95. The molecule has 0 unspecified atom stereocenters. The van der Waals surface area contributed by atoms with E-state index in [1.54, 1.807) is 0 Å². The van der Waals surface area contributed by atoms with Gasteiger partial charge in [0.15, 0.2) is 5.82 Å². The van der Waals surface area contributed by atoms with E-state index in [-0.39, 0.29) is 0 Å². The number of aromatic nitrogens is 5. The van der Waals surface area contributed by atoms with Crippen LogP contribution >= 0.6 is 0 Å². The molecule has 2 aromatic heterocycles. The highest BCUT2D eigenvalue weighted by Gasteiger charge is 2.13. The molecule has 0 aliphatic heterocycles. The third kappa shape index (κ3) is 4.08. The molecule has 2 heterocycles. The molecule has 0 saturated carbocycles. The van der Waals surface area contributed by atoms with Gasteiger partial charge in [0.05, 0.1) is 11.2 Å². The van der Waals surface area contributed by atoms with Crippen LogP contribution in [0.3, 0.4) is 0 Å². The number of nitrogens with one attached hydrogen (secondary N) is 2. The molecule has 1 aromatic carbocycles. The minimum Gasteiger partial charge on any atom is -0.277 e. The molecular weight excluding hydrogens is 334 g/mol. The molecule has 3 aromatic rings. The summed E-state index contributed by atoms with van der Waals surface area (Å²) in [4.78, 5) is 4.25. The highest BCUT2D eigenvalue weighted by atomic mass is 15.2. The predicted octanol–water partition coefficient (Wildman–Crippen LogP) is 5.69. The molecule has 5 heteroatoms. The van der Waals surface area contributed by atoms with Crippen LogP contribution in [0.25, 0.3) is 27.9 Å². The monoisotopic (exact) mass is 361 g/mol. The molecule has 0 fully saturated rings. The molecule has 2 N–H and O–H groups in total. The van der Waals surface area contributed by atoms with Gasteiger partial charge < -0.3 is 0 Å². The maximum Gasteiger partial charge on any atom is 0.155 e. The van der Waals surface area contributed by atoms with Crippen LogP contribution in [0.15, 0.2) is 54.4 Å². The maximum atomic E-state index is 4.59. The van der Waals surface area contributed by atoms with Gasteiger partial charge in [-0.2, -0.15) is 10.2 Å². The Kier molecular flexibility index (Phi) is 6.01. The quantitative estimate of drug-likeness (QED) is 0.629. The summed E-state index contributed by atoms with van der Waals surface area (Å²) in [7, 11) is 0. The SMILES string of the molecule is CC.CC(C)/C1=C/C(c2n[nH]c3ccc(-c4ncn[nH]4)cc23)=C\C=C/CC1. The molecule has 0 amide bonds. The first-order valence-corrected chi connectivity index (χ1v) is 9.64. The summed E-state index contributed by atoms with van der Waals surface area (Å²) in [5.74, 6) is 1.30. The van der Waals surface area contributed by atoms with E-state index in [9.17, 15) is 0 Å². The minimum atomic E-state index is 0.532. The van der Waals surface area contributed by atoms with Gasteiger partial charge in [-0.1, -0.05) is 57.6 Å². The van der Waals surface area contributed by atoms with Crippen LogP contribution in [0.5, 0.6) is 0 Å². The number of aromatic amines is 2. The maximum absolute atomic E-state index is 4.59. The summed E-state index contributed by atoms with van der Waals surface area (Å²) in [5, 5.41) is 15.7. The Hall–Kier alpha value is -2.95. The van der Waals surface area contributed by atoms with E-state index in [1.807, 2.05) is 26.0 Å². The van der Waals surface area contributed by atoms with Crippen molar-refractivity contribution in [1.82, 2.24) is 25.4 Å². The van der Waals surface area contributed by atoms with E-state index in [0.717, 1.165) is 46.4 Å². The van der Waals surface area contributed by atoms with Crippen molar-refractivity contribution in [3.63, 3.8) is 0 Å². The van der Waals surface area contributed by atoms with Gasteiger partial charge in [0.25, 0.3) is 0 Å². The molecule has 0 radical (unpaired) electrons. The summed E-state index contributed by atoms with van der Waals surface area (Å²) in [6.07, 6.45) is 12.5. The van der Waals surface area contributed by atoms with E-state index in [0.29, 0.717) is 5.92 Å². The van der Waals surface area contributed by atoms with E-state index in [1.165, 1.54) is 11.9 Å². The topological polar surface area (TPSA) is 70.2 Å². The fourth-order valence-corrected chi connectivity index (χ4v) is 3.17. The fourth-order valence-electron chi connectivity index (χ4n) is 3.17. The van der Waals surface area contributed by atoms with Gasteiger partial charge in [-0.15, -0.1) is 0 Å². The van der Waals surface area contributed by atoms with E-state index in [2.05, 4.69) is 69.6 Å². The Morgan fingerprint density at radius 2 is 1.96 bits per heavy atom. The van der Waals surface area contributed by atoms with Crippen LogP contribution in [0, 0.1) is 5.92 Å². The number of rotatable bonds is 3. The lowest BCUT2D eigenvalue weighted by atomic mass is 9.93. The Balaban J connectivity index is 0.00000102. The molecule has 1 aliphatic rings. The van der Waals surface area contributed by atoms with Gasteiger partial charge in [0, 0.05) is 16.5 Å². The van der Waals surface area contributed by atoms with E-state index in [4.69, 9.17) is 0 Å². The van der Waals surface area contributed by atoms with Crippen LogP contribution in [-0.2, 0) is 0 Å². The van der Waals surface area contributed by atoms with Gasteiger partial charge in [-0.25, -0.2) is 4.98 Å². The molecular formula is C22H27N5. The second-order valence-corrected chi connectivity index (χ2v) is 6.63. The van der Waals surface area contributed by atoms with Crippen molar-refractivity contribution in [2.75, 3.05) is 0 Å². The number of fused-ring (bicyclic) bond motifs is 1. The zero-order valence-electron chi connectivity index (χ0n) is 16.5. The average molecular weight is 361 g/mol. The van der Waals surface area contributed by atoms with Gasteiger partial charge in [0.2, 0.25) is 0 Å². The lowest BCUT2D eigenvalue weighted by molar-refractivity contribution is 0.715. The first kappa shape index (κ1) is 18.8. The Bertz CT molecular complexity index is 971. The third-order valence-corrected chi connectivity index (χ3v) is 4.62. The summed E-state index contributed by atoms with van der Waals surface area (Å²) < 4.78 is 0. The first-order valence-electron chi connectivity index (χ1n) is 9.64. The molecule has 4 rings (SSSR count). The molecule has 1 aliphatic carbocycles. The minimum absolute atomic E-state index is 0.532. The number of hydrogen-bond acceptors (Lipinski definition) is 3. The van der Waals surface area contributed by atoms with Gasteiger partial charge in [-0.05, 0) is 37.0 Å². The number of allylic oxidation sites excluding steroid dienone is 6. The van der Waals surface area contributed by atoms with Crippen LogP contribution < -0.4 is 0 Å². The highest BCUT2D eigenvalue weighted by Crippen LogP contribution is 2.30. The normalized spacial score (nSPS) is 19.3. The lowest BCUT2D eigenvalue weighted by Crippen LogP contribution is -1.97. The molecule has 0 saturated heterocycles. The van der Waals surface area contributed by atoms with Gasteiger partial charge in [-0.3, -0.25) is 10.2 Å². The second kappa shape index (κ2) is 8.62. The predicted molar refractivity (Wildman–Crippen MR) is 112 cm³/mol. The van der Waals surface area contributed by atoms with Crippen LogP contribution in [0.4, 0.5) is 0 Å². The second-order valence-electron chi connectivity index (χ2n) is 6.63. The van der Waals surface area contributed by atoms with Crippen molar-refractivity contribution >= 4 is 16.5 Å². The number of benzene rings is 1. The molecule has 0 atom stereocenters. The van der Waals surface area contributed by atoms with Crippen molar-refractivity contribution in [3.8, 4) is 11.4 Å². The molecule has 0 bridgehead atoms. The van der Waals surface area contributed by atoms with Crippen molar-refractivity contribution in [2.24, 2.45) is 5.92 Å². The van der Waals surface area contributed by atoms with Crippen LogP contribution in [0.1, 0.15) is 46.2 Å². The summed E-state index contributed by atoms with van der Waals surface area (Å²) in [6, 6.07) is 6.17. The number of hydrogen-bond donors (Lipinski definition) is 2. The van der Waals surface area contributed by atoms with Crippen LogP contribution in [0.2, 0.25) is 0 Å². The largest absolute Gasteiger partial charge is 0.277 e. The van der Waals surface area contributed by atoms with Crippen molar-refractivity contribution < 1.29 is 0 Å². The van der Waals surface area contributed by atoms with Crippen molar-refractivity contribution in [1.29, 1.82) is 0 Å². The Morgan fingerprint density at radius 3 is 2.70 bits per heavy atom. The molecule has 27 heavy (non-hydrogen) atoms. The number of H-pyrrole nitrogens is 2. The van der Waals surface area contributed by atoms with E-state index >= 15 is 0 Å². The van der Waals surface area contributed by atoms with Gasteiger partial charge >= 0.3 is 0 Å².